The average Bonchev–Trinajstić information content (AvgIpc) is 2.47. The fourth-order valence-electron chi connectivity index (χ4n) is 2.01. The lowest BCUT2D eigenvalue weighted by Gasteiger charge is -2.07. The first-order chi connectivity index (χ1) is 10.5. The molecular formula is C17H18O4S. The molecule has 22 heavy (non-hydrogen) atoms. The molecule has 1 atom stereocenters. The first-order valence-corrected chi connectivity index (χ1v) is 8.40. The monoisotopic (exact) mass is 318 g/mol. The highest BCUT2D eigenvalue weighted by atomic mass is 32.2. The summed E-state index contributed by atoms with van der Waals surface area (Å²) < 4.78 is 17.6. The Morgan fingerprint density at radius 2 is 1.95 bits per heavy atom. The minimum absolute atomic E-state index is 0.213. The van der Waals surface area contributed by atoms with Crippen LogP contribution in [0, 0.1) is 6.92 Å². The number of carboxylic acids is 1. The number of hydrogen-bond donors (Lipinski definition) is 1. The summed E-state index contributed by atoms with van der Waals surface area (Å²) in [5.74, 6) is 0.532. The van der Waals surface area contributed by atoms with Crippen LogP contribution in [0.3, 0.4) is 0 Å². The Kier molecular flexibility index (Phi) is 5.72. The summed E-state index contributed by atoms with van der Waals surface area (Å²) in [7, 11) is -1.09. The highest BCUT2D eigenvalue weighted by molar-refractivity contribution is 7.84. The van der Waals surface area contributed by atoms with E-state index in [1.165, 1.54) is 6.07 Å². The van der Waals surface area contributed by atoms with E-state index in [0.29, 0.717) is 18.1 Å². The molecule has 0 fully saturated rings. The van der Waals surface area contributed by atoms with Gasteiger partial charge in [0, 0.05) is 16.6 Å². The number of carbonyl (C=O) groups is 1. The summed E-state index contributed by atoms with van der Waals surface area (Å²) in [6.07, 6.45) is 0. The van der Waals surface area contributed by atoms with Gasteiger partial charge in [0.1, 0.15) is 5.75 Å². The molecule has 0 aromatic heterocycles. The summed E-state index contributed by atoms with van der Waals surface area (Å²) in [6, 6.07) is 14.2. The third-order valence-corrected chi connectivity index (χ3v) is 4.35. The van der Waals surface area contributed by atoms with Crippen molar-refractivity contribution in [3.8, 4) is 5.75 Å². The molecule has 0 amide bonds. The van der Waals surface area contributed by atoms with Crippen LogP contribution in [0.2, 0.25) is 0 Å². The van der Waals surface area contributed by atoms with E-state index in [2.05, 4.69) is 0 Å². The minimum Gasteiger partial charge on any atom is -0.493 e. The van der Waals surface area contributed by atoms with Crippen molar-refractivity contribution >= 4 is 16.8 Å². The molecule has 0 saturated carbocycles. The van der Waals surface area contributed by atoms with Crippen LogP contribution >= 0.6 is 0 Å². The highest BCUT2D eigenvalue weighted by Gasteiger charge is 2.06. The standard InChI is InChI=1S/C17H18O4S/c1-13-4-2-7-16(10-13)21-8-9-22(20)12-14-5-3-6-15(11-14)17(18)19/h2-7,10-11H,8-9,12H2,1H3,(H,18,19). The second-order valence-electron chi connectivity index (χ2n) is 4.96. The van der Waals surface area contributed by atoms with Crippen molar-refractivity contribution in [1.82, 2.24) is 0 Å². The van der Waals surface area contributed by atoms with E-state index >= 15 is 0 Å². The maximum Gasteiger partial charge on any atom is 0.335 e. The smallest absolute Gasteiger partial charge is 0.335 e. The van der Waals surface area contributed by atoms with E-state index in [1.807, 2.05) is 31.2 Å². The Bertz CT molecular complexity index is 682. The molecule has 0 aliphatic heterocycles. The summed E-state index contributed by atoms with van der Waals surface area (Å²) in [5, 5.41) is 8.94. The van der Waals surface area contributed by atoms with Gasteiger partial charge in [0.05, 0.1) is 17.9 Å². The van der Waals surface area contributed by atoms with E-state index in [9.17, 15) is 9.00 Å². The van der Waals surface area contributed by atoms with Crippen LogP contribution in [0.25, 0.3) is 0 Å². The van der Waals surface area contributed by atoms with Crippen molar-refractivity contribution in [1.29, 1.82) is 0 Å². The van der Waals surface area contributed by atoms with Gasteiger partial charge in [-0.1, -0.05) is 24.3 Å². The zero-order valence-electron chi connectivity index (χ0n) is 12.3. The fourth-order valence-corrected chi connectivity index (χ4v) is 2.97. The van der Waals surface area contributed by atoms with E-state index in [0.717, 1.165) is 16.9 Å². The molecule has 4 nitrogen and oxygen atoms in total. The average molecular weight is 318 g/mol. The van der Waals surface area contributed by atoms with Gasteiger partial charge in [0.15, 0.2) is 0 Å². The number of hydrogen-bond acceptors (Lipinski definition) is 3. The van der Waals surface area contributed by atoms with Gasteiger partial charge in [-0.2, -0.15) is 0 Å². The van der Waals surface area contributed by atoms with Crippen molar-refractivity contribution < 1.29 is 18.8 Å². The molecule has 0 heterocycles. The Morgan fingerprint density at radius 1 is 1.18 bits per heavy atom. The van der Waals surface area contributed by atoms with Gasteiger partial charge in [-0.15, -0.1) is 0 Å². The van der Waals surface area contributed by atoms with Gasteiger partial charge in [0.25, 0.3) is 0 Å². The molecular weight excluding hydrogens is 300 g/mol. The van der Waals surface area contributed by atoms with Gasteiger partial charge >= 0.3 is 5.97 Å². The minimum atomic E-state index is -1.09. The highest BCUT2D eigenvalue weighted by Crippen LogP contribution is 2.13. The van der Waals surface area contributed by atoms with Gasteiger partial charge in [-0.05, 0) is 42.3 Å². The summed E-state index contributed by atoms with van der Waals surface area (Å²) >= 11 is 0. The van der Waals surface area contributed by atoms with Gasteiger partial charge in [-0.25, -0.2) is 4.79 Å². The second-order valence-corrected chi connectivity index (χ2v) is 6.54. The van der Waals surface area contributed by atoms with Crippen LogP contribution < -0.4 is 4.74 Å². The normalized spacial score (nSPS) is 11.9. The van der Waals surface area contributed by atoms with Crippen LogP contribution in [0.5, 0.6) is 5.75 Å². The topological polar surface area (TPSA) is 63.6 Å². The number of ether oxygens (including phenoxy) is 1. The molecule has 0 bridgehead atoms. The van der Waals surface area contributed by atoms with Crippen molar-refractivity contribution in [2.24, 2.45) is 0 Å². The van der Waals surface area contributed by atoms with E-state index in [1.54, 1.807) is 18.2 Å². The number of rotatable bonds is 7. The molecule has 2 rings (SSSR count). The molecule has 0 aliphatic carbocycles. The Hall–Kier alpha value is -2.14. The molecule has 1 N–H and O–H groups in total. The van der Waals surface area contributed by atoms with Crippen LogP contribution in [0.1, 0.15) is 21.5 Å². The van der Waals surface area contributed by atoms with Gasteiger partial charge in [0.2, 0.25) is 0 Å². The lowest BCUT2D eigenvalue weighted by atomic mass is 10.1. The number of carboxylic acid groups (broad SMARTS) is 1. The summed E-state index contributed by atoms with van der Waals surface area (Å²) in [6.45, 7) is 2.36. The number of aryl methyl sites for hydroxylation is 1. The first kappa shape index (κ1) is 16.2. The SMILES string of the molecule is Cc1cccc(OCCS(=O)Cc2cccc(C(=O)O)c2)c1. The molecule has 0 radical (unpaired) electrons. The maximum absolute atomic E-state index is 12.0. The predicted octanol–water partition coefficient (Wildman–Crippen LogP) is 3.02. The lowest BCUT2D eigenvalue weighted by Crippen LogP contribution is -2.10. The van der Waals surface area contributed by atoms with Crippen LogP contribution in [0.15, 0.2) is 48.5 Å². The number of benzene rings is 2. The Morgan fingerprint density at radius 3 is 2.68 bits per heavy atom. The molecule has 5 heteroatoms. The molecule has 0 aliphatic rings. The fraction of sp³-hybridized carbons (Fsp3) is 0.235. The zero-order valence-corrected chi connectivity index (χ0v) is 13.1. The largest absolute Gasteiger partial charge is 0.493 e. The van der Waals surface area contributed by atoms with Crippen LogP contribution in [-0.2, 0) is 16.6 Å². The third-order valence-electron chi connectivity index (χ3n) is 3.07. The number of aromatic carboxylic acids is 1. The molecule has 0 saturated heterocycles. The van der Waals surface area contributed by atoms with Gasteiger partial charge in [-0.3, -0.25) is 4.21 Å². The van der Waals surface area contributed by atoms with E-state index < -0.39 is 16.8 Å². The Balaban J connectivity index is 1.83. The lowest BCUT2D eigenvalue weighted by molar-refractivity contribution is 0.0696. The van der Waals surface area contributed by atoms with Crippen molar-refractivity contribution in [2.45, 2.75) is 12.7 Å². The molecule has 1 unspecified atom stereocenters. The van der Waals surface area contributed by atoms with E-state index in [4.69, 9.17) is 9.84 Å². The van der Waals surface area contributed by atoms with Crippen molar-refractivity contribution in [3.05, 3.63) is 65.2 Å². The quantitative estimate of drug-likeness (QED) is 0.852. The molecule has 0 spiro atoms. The van der Waals surface area contributed by atoms with Gasteiger partial charge < -0.3 is 9.84 Å². The van der Waals surface area contributed by atoms with E-state index in [-0.39, 0.29) is 5.56 Å². The predicted molar refractivity (Wildman–Crippen MR) is 86.8 cm³/mol. The first-order valence-electron chi connectivity index (χ1n) is 6.91. The maximum atomic E-state index is 12.0. The molecule has 2 aromatic rings. The van der Waals surface area contributed by atoms with Crippen molar-refractivity contribution in [2.75, 3.05) is 12.4 Å². The molecule has 116 valence electrons. The second kappa shape index (κ2) is 7.75. The van der Waals surface area contributed by atoms with Crippen molar-refractivity contribution in [3.63, 3.8) is 0 Å². The van der Waals surface area contributed by atoms with Crippen LogP contribution in [-0.4, -0.2) is 27.6 Å². The zero-order chi connectivity index (χ0) is 15.9. The summed E-state index contributed by atoms with van der Waals surface area (Å²) in [5.41, 5.74) is 2.09. The summed E-state index contributed by atoms with van der Waals surface area (Å²) in [4.78, 5) is 10.9. The Labute approximate surface area is 132 Å². The third kappa shape index (κ3) is 5.00. The van der Waals surface area contributed by atoms with Crippen LogP contribution in [0.4, 0.5) is 0 Å². The molecule has 2 aromatic carbocycles.